The molecule has 0 N–H and O–H groups in total. The molecule has 0 bridgehead atoms. The van der Waals surface area contributed by atoms with Crippen LogP contribution in [0.3, 0.4) is 0 Å². The van der Waals surface area contributed by atoms with Crippen molar-refractivity contribution in [1.29, 1.82) is 0 Å². The van der Waals surface area contributed by atoms with E-state index < -0.39 is 0 Å². The molecule has 0 saturated carbocycles. The maximum absolute atomic E-state index is 11.5. The predicted octanol–water partition coefficient (Wildman–Crippen LogP) is 3.42. The summed E-state index contributed by atoms with van der Waals surface area (Å²) in [6.45, 7) is 8.22. The molecule has 0 amide bonds. The van der Waals surface area contributed by atoms with Crippen LogP contribution < -0.4 is 0 Å². The topological polar surface area (TPSA) is 30.0 Å². The van der Waals surface area contributed by atoms with Gasteiger partial charge in [-0.25, -0.2) is 4.98 Å². The first kappa shape index (κ1) is 12.4. The first-order valence-electron chi connectivity index (χ1n) is 5.51. The first-order chi connectivity index (χ1) is 7.06. The van der Waals surface area contributed by atoms with Crippen molar-refractivity contribution in [3.63, 3.8) is 0 Å². The zero-order chi connectivity index (χ0) is 11.4. The second-order valence-electron chi connectivity index (χ2n) is 4.24. The number of ketones is 1. The van der Waals surface area contributed by atoms with Crippen LogP contribution >= 0.6 is 11.3 Å². The van der Waals surface area contributed by atoms with E-state index in [1.807, 2.05) is 19.4 Å². The Balaban J connectivity index is 2.72. The first-order valence-corrected chi connectivity index (χ1v) is 6.39. The van der Waals surface area contributed by atoms with E-state index in [2.05, 4.69) is 18.8 Å². The fourth-order valence-electron chi connectivity index (χ4n) is 1.64. The number of hydrogen-bond donors (Lipinski definition) is 0. The van der Waals surface area contributed by atoms with Crippen LogP contribution in [-0.4, -0.2) is 10.8 Å². The summed E-state index contributed by atoms with van der Waals surface area (Å²) in [5.41, 5.74) is 3.05. The highest BCUT2D eigenvalue weighted by molar-refractivity contribution is 7.09. The zero-order valence-electron chi connectivity index (χ0n) is 9.91. The molecule has 1 aromatic rings. The second-order valence-corrected chi connectivity index (χ2v) is 5.18. The smallest absolute Gasteiger partial charge is 0.135 e. The molecule has 0 aromatic carbocycles. The molecular formula is C12H19NOS. The van der Waals surface area contributed by atoms with Crippen LogP contribution in [-0.2, 0) is 11.2 Å². The Morgan fingerprint density at radius 2 is 2.13 bits per heavy atom. The lowest BCUT2D eigenvalue weighted by molar-refractivity contribution is -0.122. The van der Waals surface area contributed by atoms with Gasteiger partial charge in [0.25, 0.3) is 0 Å². The molecule has 0 fully saturated rings. The molecule has 0 saturated heterocycles. The van der Waals surface area contributed by atoms with Crippen LogP contribution in [0.15, 0.2) is 5.51 Å². The van der Waals surface area contributed by atoms with E-state index in [9.17, 15) is 4.79 Å². The Morgan fingerprint density at radius 3 is 2.67 bits per heavy atom. The van der Waals surface area contributed by atoms with Gasteiger partial charge in [-0.15, -0.1) is 11.3 Å². The van der Waals surface area contributed by atoms with Crippen molar-refractivity contribution in [3.05, 3.63) is 16.1 Å². The second kappa shape index (κ2) is 5.40. The van der Waals surface area contributed by atoms with Gasteiger partial charge in [-0.1, -0.05) is 27.7 Å². The number of carbonyl (C=O) groups excluding carboxylic acids is 1. The van der Waals surface area contributed by atoms with Gasteiger partial charge in [0.05, 0.1) is 11.2 Å². The highest BCUT2D eigenvalue weighted by Crippen LogP contribution is 2.24. The summed E-state index contributed by atoms with van der Waals surface area (Å²) in [5.74, 6) is 0.932. The van der Waals surface area contributed by atoms with Crippen molar-refractivity contribution >= 4 is 17.1 Å². The van der Waals surface area contributed by atoms with Crippen LogP contribution in [0.2, 0.25) is 0 Å². The molecule has 1 aromatic heterocycles. The molecule has 15 heavy (non-hydrogen) atoms. The van der Waals surface area contributed by atoms with E-state index in [-0.39, 0.29) is 5.92 Å². The lowest BCUT2D eigenvalue weighted by Crippen LogP contribution is -2.12. The van der Waals surface area contributed by atoms with Crippen molar-refractivity contribution in [1.82, 2.24) is 4.98 Å². The number of nitrogens with zero attached hydrogens (tertiary/aromatic N) is 1. The molecule has 0 spiro atoms. The normalized spacial score (nSPS) is 13.1. The van der Waals surface area contributed by atoms with Gasteiger partial charge >= 0.3 is 0 Å². The van der Waals surface area contributed by atoms with E-state index in [0.717, 1.165) is 12.1 Å². The van der Waals surface area contributed by atoms with Gasteiger partial charge < -0.3 is 0 Å². The van der Waals surface area contributed by atoms with Crippen molar-refractivity contribution in [2.24, 2.45) is 5.92 Å². The number of aromatic nitrogens is 1. The third-order valence-corrected chi connectivity index (χ3v) is 3.48. The molecule has 3 heteroatoms. The van der Waals surface area contributed by atoms with Crippen molar-refractivity contribution < 1.29 is 4.79 Å². The SMILES string of the molecule is CCC(=O)C(C)Cc1scnc1C(C)C. The molecule has 1 heterocycles. The summed E-state index contributed by atoms with van der Waals surface area (Å²) in [6.07, 6.45) is 1.49. The maximum atomic E-state index is 11.5. The standard InChI is InChI=1S/C12H19NOS/c1-5-10(14)9(4)6-11-12(8(2)3)13-7-15-11/h7-9H,5-6H2,1-4H3. The Hall–Kier alpha value is -0.700. The maximum Gasteiger partial charge on any atom is 0.135 e. The summed E-state index contributed by atoms with van der Waals surface area (Å²) in [7, 11) is 0. The quantitative estimate of drug-likeness (QED) is 0.768. The third kappa shape index (κ3) is 3.13. The molecule has 1 atom stereocenters. The van der Waals surface area contributed by atoms with E-state index in [1.54, 1.807) is 11.3 Å². The third-order valence-electron chi connectivity index (χ3n) is 2.61. The number of Topliss-reactive ketones (excluding diaryl/α,β-unsaturated/α-hetero) is 1. The molecular weight excluding hydrogens is 206 g/mol. The van der Waals surface area contributed by atoms with Crippen LogP contribution in [0.25, 0.3) is 0 Å². The van der Waals surface area contributed by atoms with E-state index in [4.69, 9.17) is 0 Å². The predicted molar refractivity (Wildman–Crippen MR) is 64.4 cm³/mol. The molecule has 0 radical (unpaired) electrons. The van der Waals surface area contributed by atoms with E-state index >= 15 is 0 Å². The Kier molecular flexibility index (Phi) is 4.45. The van der Waals surface area contributed by atoms with Gasteiger partial charge in [0.15, 0.2) is 0 Å². The summed E-state index contributed by atoms with van der Waals surface area (Å²) in [4.78, 5) is 17.1. The molecule has 1 rings (SSSR count). The number of hydrogen-bond acceptors (Lipinski definition) is 3. The number of thiazole rings is 1. The largest absolute Gasteiger partial charge is 0.299 e. The highest BCUT2D eigenvalue weighted by Gasteiger charge is 2.16. The summed E-state index contributed by atoms with van der Waals surface area (Å²) in [5, 5.41) is 0. The van der Waals surface area contributed by atoms with Gasteiger partial charge in [-0.05, 0) is 12.3 Å². The summed E-state index contributed by atoms with van der Waals surface area (Å²) >= 11 is 1.67. The van der Waals surface area contributed by atoms with Crippen molar-refractivity contribution in [3.8, 4) is 0 Å². The van der Waals surface area contributed by atoms with Gasteiger partial charge in [0.1, 0.15) is 5.78 Å². The fraction of sp³-hybridized carbons (Fsp3) is 0.667. The lowest BCUT2D eigenvalue weighted by atomic mass is 9.97. The number of carbonyl (C=O) groups is 1. The van der Waals surface area contributed by atoms with Gasteiger partial charge in [0.2, 0.25) is 0 Å². The fourth-order valence-corrected chi connectivity index (χ4v) is 2.69. The minimum absolute atomic E-state index is 0.132. The monoisotopic (exact) mass is 225 g/mol. The molecule has 0 aliphatic heterocycles. The van der Waals surface area contributed by atoms with Gasteiger partial charge in [0, 0.05) is 17.2 Å². The molecule has 0 aliphatic carbocycles. The van der Waals surface area contributed by atoms with Crippen LogP contribution in [0.4, 0.5) is 0 Å². The molecule has 0 aliphatic rings. The van der Waals surface area contributed by atoms with E-state index in [1.165, 1.54) is 4.88 Å². The minimum Gasteiger partial charge on any atom is -0.299 e. The Labute approximate surface area is 95.7 Å². The van der Waals surface area contributed by atoms with Gasteiger partial charge in [-0.3, -0.25) is 4.79 Å². The zero-order valence-corrected chi connectivity index (χ0v) is 10.7. The lowest BCUT2D eigenvalue weighted by Gasteiger charge is -2.10. The molecule has 2 nitrogen and oxygen atoms in total. The highest BCUT2D eigenvalue weighted by atomic mass is 32.1. The summed E-state index contributed by atoms with van der Waals surface area (Å²) in [6, 6.07) is 0. The van der Waals surface area contributed by atoms with E-state index in [0.29, 0.717) is 18.1 Å². The molecule has 84 valence electrons. The Morgan fingerprint density at radius 1 is 1.47 bits per heavy atom. The average molecular weight is 225 g/mol. The summed E-state index contributed by atoms with van der Waals surface area (Å²) < 4.78 is 0. The van der Waals surface area contributed by atoms with Crippen LogP contribution in [0.1, 0.15) is 50.6 Å². The van der Waals surface area contributed by atoms with Crippen LogP contribution in [0, 0.1) is 5.92 Å². The number of rotatable bonds is 5. The Bertz CT molecular complexity index is 330. The molecule has 1 unspecified atom stereocenters. The average Bonchev–Trinajstić information content (AvgIpc) is 2.64. The van der Waals surface area contributed by atoms with Crippen LogP contribution in [0.5, 0.6) is 0 Å². The minimum atomic E-state index is 0.132. The van der Waals surface area contributed by atoms with Crippen molar-refractivity contribution in [2.75, 3.05) is 0 Å². The van der Waals surface area contributed by atoms with Crippen molar-refractivity contribution in [2.45, 2.75) is 46.5 Å². The van der Waals surface area contributed by atoms with Gasteiger partial charge in [-0.2, -0.15) is 0 Å².